The van der Waals surface area contributed by atoms with Crippen LogP contribution in [-0.4, -0.2) is 65.4 Å². The molecule has 0 aliphatic carbocycles. The first-order chi connectivity index (χ1) is 8.90. The van der Waals surface area contributed by atoms with Crippen LogP contribution in [0, 0.1) is 0 Å². The third-order valence-electron chi connectivity index (χ3n) is 2.44. The van der Waals surface area contributed by atoms with Crippen LogP contribution in [0.3, 0.4) is 0 Å². The second-order valence-electron chi connectivity index (χ2n) is 4.39. The Balaban J connectivity index is 4.56. The summed E-state index contributed by atoms with van der Waals surface area (Å²) < 4.78 is 0. The lowest BCUT2D eigenvalue weighted by Crippen LogP contribution is -2.45. The molecule has 0 radical (unpaired) electrons. The van der Waals surface area contributed by atoms with Crippen LogP contribution in [0.25, 0.3) is 0 Å². The van der Waals surface area contributed by atoms with Gasteiger partial charge in [-0.05, 0) is 12.8 Å². The molecule has 0 saturated carbocycles. The molecule has 7 heteroatoms. The van der Waals surface area contributed by atoms with Crippen LogP contribution in [0.1, 0.15) is 26.7 Å². The molecular weight excluding hydrogens is 250 g/mol. The summed E-state index contributed by atoms with van der Waals surface area (Å²) >= 11 is 0. The summed E-state index contributed by atoms with van der Waals surface area (Å²) in [5, 5.41) is 8.74. The van der Waals surface area contributed by atoms with Crippen LogP contribution in [0.15, 0.2) is 0 Å². The zero-order valence-corrected chi connectivity index (χ0v) is 11.6. The Morgan fingerprint density at radius 3 is 1.89 bits per heavy atom. The van der Waals surface area contributed by atoms with Gasteiger partial charge in [0.15, 0.2) is 0 Å². The monoisotopic (exact) mass is 273 g/mol. The molecule has 0 fully saturated rings. The summed E-state index contributed by atoms with van der Waals surface area (Å²) in [5.41, 5.74) is 5.04. The minimum atomic E-state index is -1.09. The third-order valence-corrected chi connectivity index (χ3v) is 2.44. The van der Waals surface area contributed by atoms with Gasteiger partial charge in [0.25, 0.3) is 0 Å². The summed E-state index contributed by atoms with van der Waals surface area (Å²) in [5.74, 6) is -1.91. The minimum absolute atomic E-state index is 0.102. The zero-order chi connectivity index (χ0) is 14.8. The minimum Gasteiger partial charge on any atom is -0.480 e. The molecule has 0 aromatic heterocycles. The van der Waals surface area contributed by atoms with E-state index in [0.29, 0.717) is 13.1 Å². The highest BCUT2D eigenvalue weighted by Gasteiger charge is 2.19. The average Bonchev–Trinajstić information content (AvgIpc) is 2.26. The summed E-state index contributed by atoms with van der Waals surface area (Å²) in [6.45, 7) is 4.48. The first-order valence-electron chi connectivity index (χ1n) is 6.40. The van der Waals surface area contributed by atoms with Crippen molar-refractivity contribution in [1.29, 1.82) is 0 Å². The van der Waals surface area contributed by atoms with Gasteiger partial charge in [0.05, 0.1) is 19.6 Å². The maximum absolute atomic E-state index is 12.0. The second kappa shape index (κ2) is 9.32. The maximum Gasteiger partial charge on any atom is 0.317 e. The summed E-state index contributed by atoms with van der Waals surface area (Å²) in [6, 6.07) is 0. The summed E-state index contributed by atoms with van der Waals surface area (Å²) in [6.07, 6.45) is 1.67. The second-order valence-corrected chi connectivity index (χ2v) is 4.39. The number of carbonyl (C=O) groups excluding carboxylic acids is 2. The molecule has 0 bridgehead atoms. The van der Waals surface area contributed by atoms with Gasteiger partial charge in [-0.15, -0.1) is 0 Å². The van der Waals surface area contributed by atoms with Crippen molar-refractivity contribution in [1.82, 2.24) is 9.80 Å². The number of aliphatic carboxylic acids is 1. The molecule has 110 valence electrons. The van der Waals surface area contributed by atoms with E-state index in [-0.39, 0.29) is 25.5 Å². The fraction of sp³-hybridized carbons (Fsp3) is 0.750. The third kappa shape index (κ3) is 8.15. The molecule has 0 heterocycles. The van der Waals surface area contributed by atoms with E-state index in [1.165, 1.54) is 4.90 Å². The molecule has 0 aliphatic rings. The van der Waals surface area contributed by atoms with E-state index >= 15 is 0 Å². The number of primary amides is 1. The van der Waals surface area contributed by atoms with Crippen molar-refractivity contribution < 1.29 is 19.5 Å². The van der Waals surface area contributed by atoms with Crippen LogP contribution >= 0.6 is 0 Å². The van der Waals surface area contributed by atoms with E-state index in [0.717, 1.165) is 12.8 Å². The lowest BCUT2D eigenvalue weighted by molar-refractivity contribution is -0.140. The fourth-order valence-electron chi connectivity index (χ4n) is 1.77. The van der Waals surface area contributed by atoms with E-state index in [2.05, 4.69) is 0 Å². The Bertz CT molecular complexity index is 298. The van der Waals surface area contributed by atoms with Gasteiger partial charge in [0, 0.05) is 13.1 Å². The number of amides is 2. The van der Waals surface area contributed by atoms with Gasteiger partial charge >= 0.3 is 5.97 Å². The van der Waals surface area contributed by atoms with Gasteiger partial charge in [-0.1, -0.05) is 13.8 Å². The smallest absolute Gasteiger partial charge is 0.317 e. The molecule has 0 aliphatic heterocycles. The maximum atomic E-state index is 12.0. The largest absolute Gasteiger partial charge is 0.480 e. The number of hydrogen-bond acceptors (Lipinski definition) is 4. The number of rotatable bonds is 10. The van der Waals surface area contributed by atoms with E-state index < -0.39 is 11.9 Å². The summed E-state index contributed by atoms with van der Waals surface area (Å²) in [4.78, 5) is 36.5. The number of carbonyl (C=O) groups is 3. The predicted octanol–water partition coefficient (Wildman–Crippen LogP) is -0.493. The van der Waals surface area contributed by atoms with E-state index in [9.17, 15) is 14.4 Å². The van der Waals surface area contributed by atoms with Gasteiger partial charge in [0.1, 0.15) is 0 Å². The van der Waals surface area contributed by atoms with Crippen LogP contribution in [0.2, 0.25) is 0 Å². The van der Waals surface area contributed by atoms with Crippen LogP contribution in [-0.2, 0) is 14.4 Å². The molecule has 0 unspecified atom stereocenters. The van der Waals surface area contributed by atoms with Crippen LogP contribution < -0.4 is 5.73 Å². The first-order valence-corrected chi connectivity index (χ1v) is 6.40. The fourth-order valence-corrected chi connectivity index (χ4v) is 1.77. The average molecular weight is 273 g/mol. The Kier molecular flexibility index (Phi) is 8.52. The van der Waals surface area contributed by atoms with Gasteiger partial charge in [-0.2, -0.15) is 0 Å². The van der Waals surface area contributed by atoms with Crippen LogP contribution in [0.5, 0.6) is 0 Å². The highest BCUT2D eigenvalue weighted by Crippen LogP contribution is 1.98. The molecular formula is C12H23N3O4. The Morgan fingerprint density at radius 2 is 1.53 bits per heavy atom. The molecule has 0 spiro atoms. The van der Waals surface area contributed by atoms with Gasteiger partial charge in [-0.3, -0.25) is 19.3 Å². The highest BCUT2D eigenvalue weighted by atomic mass is 16.4. The molecule has 0 rings (SSSR count). The SMILES string of the molecule is CCCN(CCC)C(=O)CN(CC(N)=O)CC(=O)O. The number of nitrogens with two attached hydrogens (primary N) is 1. The Labute approximate surface area is 113 Å². The number of hydrogen-bond donors (Lipinski definition) is 2. The lowest BCUT2D eigenvalue weighted by Gasteiger charge is -2.25. The topological polar surface area (TPSA) is 104 Å². The predicted molar refractivity (Wildman–Crippen MR) is 70.4 cm³/mol. The van der Waals surface area contributed by atoms with Crippen molar-refractivity contribution in [2.45, 2.75) is 26.7 Å². The standard InChI is InChI=1S/C12H23N3O4/c1-3-5-15(6-4-2)11(17)8-14(7-10(13)16)9-12(18)19/h3-9H2,1-2H3,(H2,13,16)(H,18,19). The van der Waals surface area contributed by atoms with Crippen molar-refractivity contribution >= 4 is 17.8 Å². The molecule has 0 aromatic carbocycles. The molecule has 0 aromatic rings. The lowest BCUT2D eigenvalue weighted by atomic mass is 10.3. The number of carboxylic acid groups (broad SMARTS) is 1. The van der Waals surface area contributed by atoms with Gasteiger partial charge < -0.3 is 15.7 Å². The van der Waals surface area contributed by atoms with Crippen molar-refractivity contribution in [3.8, 4) is 0 Å². The van der Waals surface area contributed by atoms with Gasteiger partial charge in [-0.25, -0.2) is 0 Å². The van der Waals surface area contributed by atoms with Crippen molar-refractivity contribution in [3.63, 3.8) is 0 Å². The number of nitrogens with zero attached hydrogens (tertiary/aromatic N) is 2. The summed E-state index contributed by atoms with van der Waals surface area (Å²) in [7, 11) is 0. The highest BCUT2D eigenvalue weighted by molar-refractivity contribution is 5.81. The van der Waals surface area contributed by atoms with E-state index in [1.54, 1.807) is 4.90 Å². The van der Waals surface area contributed by atoms with Gasteiger partial charge in [0.2, 0.25) is 11.8 Å². The molecule has 3 N–H and O–H groups in total. The quantitative estimate of drug-likeness (QED) is 0.559. The number of carboxylic acids is 1. The molecule has 19 heavy (non-hydrogen) atoms. The molecule has 0 atom stereocenters. The van der Waals surface area contributed by atoms with E-state index in [4.69, 9.17) is 10.8 Å². The Hall–Kier alpha value is -1.63. The van der Waals surface area contributed by atoms with Crippen molar-refractivity contribution in [3.05, 3.63) is 0 Å². The van der Waals surface area contributed by atoms with E-state index in [1.807, 2.05) is 13.8 Å². The zero-order valence-electron chi connectivity index (χ0n) is 11.6. The molecule has 7 nitrogen and oxygen atoms in total. The Morgan fingerprint density at radius 1 is 1.00 bits per heavy atom. The molecule has 2 amide bonds. The normalized spacial score (nSPS) is 10.5. The first kappa shape index (κ1) is 17.4. The van der Waals surface area contributed by atoms with Crippen molar-refractivity contribution in [2.24, 2.45) is 5.73 Å². The van der Waals surface area contributed by atoms with Crippen molar-refractivity contribution in [2.75, 3.05) is 32.7 Å². The van der Waals surface area contributed by atoms with Crippen LogP contribution in [0.4, 0.5) is 0 Å². The molecule has 0 saturated heterocycles.